The molecule has 3 atom stereocenters. The summed E-state index contributed by atoms with van der Waals surface area (Å²) in [6.45, 7) is 2.09. The van der Waals surface area contributed by atoms with Gasteiger partial charge in [0.1, 0.15) is 17.6 Å². The maximum Gasteiger partial charge on any atom is 0.317 e. The van der Waals surface area contributed by atoms with E-state index in [1.807, 2.05) is 0 Å². The molecule has 0 N–H and O–H groups in total. The molecule has 13 nitrogen and oxygen atoms in total. The van der Waals surface area contributed by atoms with Crippen molar-refractivity contribution in [2.75, 3.05) is 6.61 Å². The van der Waals surface area contributed by atoms with Crippen LogP contribution in [-0.4, -0.2) is 21.8 Å². The molecule has 3 aromatic heterocycles. The molecule has 0 aromatic carbocycles. The van der Waals surface area contributed by atoms with Crippen LogP contribution in [0.1, 0.15) is 42.3 Å². The Hall–Kier alpha value is -3.90. The molecule has 2 aliphatic carbocycles. The van der Waals surface area contributed by atoms with Crippen molar-refractivity contribution in [3.63, 3.8) is 0 Å². The molecule has 29 heavy (non-hydrogen) atoms. The topological polar surface area (TPSA) is 171 Å². The van der Waals surface area contributed by atoms with E-state index in [1.54, 1.807) is 25.1 Å². The minimum Gasteiger partial charge on any atom is -0.499 e. The van der Waals surface area contributed by atoms with E-state index in [1.165, 1.54) is 6.26 Å². The van der Waals surface area contributed by atoms with Crippen LogP contribution in [0.2, 0.25) is 0 Å². The third kappa shape index (κ3) is 2.03. The van der Waals surface area contributed by atoms with E-state index >= 15 is 0 Å². The molecular formula is C16H13N5O8. The van der Waals surface area contributed by atoms with Crippen LogP contribution < -0.4 is 9.81 Å². The van der Waals surface area contributed by atoms with Gasteiger partial charge in [0.05, 0.1) is 23.8 Å². The zero-order valence-corrected chi connectivity index (χ0v) is 14.9. The van der Waals surface area contributed by atoms with Crippen molar-refractivity contribution in [1.82, 2.24) is 10.3 Å². The summed E-state index contributed by atoms with van der Waals surface area (Å²) in [5.41, 5.74) is -2.97. The van der Waals surface area contributed by atoms with Crippen molar-refractivity contribution in [3.05, 3.63) is 67.9 Å². The normalized spacial score (nSPS) is 24.9. The number of hydrogen-bond donors (Lipinski definition) is 0. The van der Waals surface area contributed by atoms with E-state index < -0.39 is 22.3 Å². The highest BCUT2D eigenvalue weighted by Gasteiger charge is 2.73. The molecule has 0 spiro atoms. The van der Waals surface area contributed by atoms with Gasteiger partial charge in [-0.25, -0.2) is 0 Å². The van der Waals surface area contributed by atoms with Gasteiger partial charge in [0.15, 0.2) is 0 Å². The molecule has 0 radical (unpaired) electrons. The second-order valence-corrected chi connectivity index (χ2v) is 6.69. The van der Waals surface area contributed by atoms with Crippen LogP contribution >= 0.6 is 0 Å². The molecule has 13 heteroatoms. The van der Waals surface area contributed by atoms with Crippen molar-refractivity contribution in [2.45, 2.75) is 30.7 Å². The van der Waals surface area contributed by atoms with Crippen LogP contribution in [0, 0.1) is 20.5 Å². The molecule has 0 bridgehead atoms. The quantitative estimate of drug-likeness (QED) is 0.345. The Morgan fingerprint density at radius 1 is 1.34 bits per heavy atom. The molecule has 5 rings (SSSR count). The SMILES string of the molecule is CCOC1=C[C@H](c2ccco2)[C@@]2([N+](=O)[O-])c3no[n+]([O-])c3-c3no[n+]([O-])c3[C@H]2C1. The number of nitro groups is 1. The van der Waals surface area contributed by atoms with E-state index in [0.717, 1.165) is 0 Å². The molecule has 0 saturated carbocycles. The summed E-state index contributed by atoms with van der Waals surface area (Å²) in [4.78, 5) is 12.1. The average molecular weight is 403 g/mol. The van der Waals surface area contributed by atoms with Crippen LogP contribution in [0.5, 0.6) is 0 Å². The van der Waals surface area contributed by atoms with Crippen molar-refractivity contribution >= 4 is 0 Å². The fraction of sp³-hybridized carbons (Fsp3) is 0.375. The lowest BCUT2D eigenvalue weighted by Gasteiger charge is -2.37. The van der Waals surface area contributed by atoms with Gasteiger partial charge in [-0.1, -0.05) is 0 Å². The summed E-state index contributed by atoms with van der Waals surface area (Å²) in [7, 11) is 0. The van der Waals surface area contributed by atoms with E-state index in [9.17, 15) is 20.5 Å². The van der Waals surface area contributed by atoms with Crippen molar-refractivity contribution in [3.8, 4) is 11.4 Å². The monoisotopic (exact) mass is 403 g/mol. The minimum atomic E-state index is -2.07. The minimum absolute atomic E-state index is 0.00631. The van der Waals surface area contributed by atoms with Crippen LogP contribution in [0.25, 0.3) is 11.4 Å². The van der Waals surface area contributed by atoms with Gasteiger partial charge >= 0.3 is 11.2 Å². The lowest BCUT2D eigenvalue weighted by Crippen LogP contribution is -2.54. The molecule has 3 aromatic rings. The van der Waals surface area contributed by atoms with Gasteiger partial charge in [0.25, 0.3) is 11.4 Å². The summed E-state index contributed by atoms with van der Waals surface area (Å²) >= 11 is 0. The second kappa shape index (κ2) is 5.80. The van der Waals surface area contributed by atoms with Gasteiger partial charge in [0.2, 0.25) is 5.69 Å². The van der Waals surface area contributed by atoms with Gasteiger partial charge in [-0.2, -0.15) is 0 Å². The predicted octanol–water partition coefficient (Wildman–Crippen LogP) is 0.867. The second-order valence-electron chi connectivity index (χ2n) is 6.69. The summed E-state index contributed by atoms with van der Waals surface area (Å²) in [6, 6.07) is 3.15. The van der Waals surface area contributed by atoms with Crippen LogP contribution in [-0.2, 0) is 10.3 Å². The summed E-state index contributed by atoms with van der Waals surface area (Å²) < 4.78 is 20.5. The summed E-state index contributed by atoms with van der Waals surface area (Å²) in [5.74, 6) is -1.46. The fourth-order valence-corrected chi connectivity index (χ4v) is 4.38. The smallest absolute Gasteiger partial charge is 0.317 e. The van der Waals surface area contributed by atoms with Gasteiger partial charge in [-0.05, 0) is 34.9 Å². The van der Waals surface area contributed by atoms with Crippen molar-refractivity contribution in [2.24, 2.45) is 0 Å². The fourth-order valence-electron chi connectivity index (χ4n) is 4.38. The maximum atomic E-state index is 12.6. The highest BCUT2D eigenvalue weighted by atomic mass is 16.8. The number of aromatic nitrogens is 4. The lowest BCUT2D eigenvalue weighted by molar-refractivity contribution is -0.811. The van der Waals surface area contributed by atoms with Crippen molar-refractivity contribution < 1.29 is 33.1 Å². The first-order valence-electron chi connectivity index (χ1n) is 8.71. The molecule has 0 amide bonds. The van der Waals surface area contributed by atoms with E-state index in [4.69, 9.17) is 9.15 Å². The van der Waals surface area contributed by atoms with E-state index in [2.05, 4.69) is 19.6 Å². The maximum absolute atomic E-state index is 12.6. The molecule has 2 aliphatic rings. The largest absolute Gasteiger partial charge is 0.499 e. The first-order chi connectivity index (χ1) is 14.0. The van der Waals surface area contributed by atoms with Gasteiger partial charge < -0.3 is 19.6 Å². The van der Waals surface area contributed by atoms with E-state index in [-0.39, 0.29) is 44.8 Å². The number of fused-ring (bicyclic) bond motifs is 6. The summed E-state index contributed by atoms with van der Waals surface area (Å²) in [6.07, 6.45) is 2.93. The van der Waals surface area contributed by atoms with Crippen LogP contribution in [0.15, 0.2) is 43.9 Å². The summed E-state index contributed by atoms with van der Waals surface area (Å²) in [5, 5.41) is 44.6. The Balaban J connectivity index is 1.88. The standard InChI is InChI=1S/C16H13N5O8/c1-2-26-8-6-9(11-4-3-5-27-11)16(21(24)25)10(7-8)13-12(17-28-19(13)22)14-15(16)18-29-20(14)23/h3-6,9-10H,2,7H2,1H3/t9-,10-,16+/m1/s1. The third-order valence-electron chi connectivity index (χ3n) is 5.44. The zero-order chi connectivity index (χ0) is 20.3. The Bertz CT molecular complexity index is 1130. The average Bonchev–Trinajstić information content (AvgIpc) is 3.42. The molecule has 150 valence electrons. The highest BCUT2D eigenvalue weighted by Crippen LogP contribution is 2.59. The van der Waals surface area contributed by atoms with Gasteiger partial charge in [0, 0.05) is 16.5 Å². The highest BCUT2D eigenvalue weighted by molar-refractivity contribution is 5.63. The molecule has 0 aliphatic heterocycles. The Labute approximate surface area is 161 Å². The predicted molar refractivity (Wildman–Crippen MR) is 87.1 cm³/mol. The van der Waals surface area contributed by atoms with Gasteiger partial charge in [-0.3, -0.25) is 19.4 Å². The zero-order valence-electron chi connectivity index (χ0n) is 14.9. The Kier molecular flexibility index (Phi) is 3.44. The van der Waals surface area contributed by atoms with Crippen LogP contribution in [0.3, 0.4) is 0 Å². The first-order valence-corrected chi connectivity index (χ1v) is 8.71. The van der Waals surface area contributed by atoms with Crippen molar-refractivity contribution in [1.29, 1.82) is 0 Å². The lowest BCUT2D eigenvalue weighted by atomic mass is 9.62. The molecule has 0 saturated heterocycles. The molecule has 0 unspecified atom stereocenters. The Morgan fingerprint density at radius 2 is 2.14 bits per heavy atom. The van der Waals surface area contributed by atoms with Gasteiger partial charge in [-0.15, -0.1) is 0 Å². The number of hydrogen-bond acceptors (Lipinski definition) is 10. The molecular weight excluding hydrogens is 390 g/mol. The third-order valence-corrected chi connectivity index (χ3v) is 5.44. The number of rotatable bonds is 4. The molecule has 0 fully saturated rings. The number of allylic oxidation sites excluding steroid dienone is 1. The first kappa shape index (κ1) is 17.2. The number of ether oxygens (including phenoxy) is 1. The van der Waals surface area contributed by atoms with E-state index in [0.29, 0.717) is 12.4 Å². The number of furan rings is 1. The molecule has 3 heterocycles. The number of nitrogens with zero attached hydrogens (tertiary/aromatic N) is 5. The van der Waals surface area contributed by atoms with Crippen LogP contribution in [0.4, 0.5) is 0 Å². The Morgan fingerprint density at radius 3 is 2.83 bits per heavy atom.